The van der Waals surface area contributed by atoms with Crippen molar-refractivity contribution < 1.29 is 9.63 Å². The largest absolute Gasteiger partial charge is 0.384 e. The summed E-state index contributed by atoms with van der Waals surface area (Å²) in [5.74, 6) is 0.603. The van der Waals surface area contributed by atoms with Gasteiger partial charge in [-0.05, 0) is 30.4 Å². The summed E-state index contributed by atoms with van der Waals surface area (Å²) in [4.78, 5) is 16.8. The Bertz CT molecular complexity index is 495. The molecule has 0 aliphatic heterocycles. The first kappa shape index (κ1) is 18.0. The smallest absolute Gasteiger partial charge is 0.261 e. The Labute approximate surface area is 132 Å². The molecule has 0 fully saturated rings. The molecule has 3 N–H and O–H groups in total. The number of nitrogens with zero attached hydrogens (tertiary/aromatic N) is 1. The summed E-state index contributed by atoms with van der Waals surface area (Å²) in [5.41, 5.74) is 8.02. The molecule has 0 radical (unpaired) electrons. The van der Waals surface area contributed by atoms with Crippen LogP contribution >= 0.6 is 0 Å². The standard InChI is InChI=1S/C17H27N3O2/c1-5-14-6-8-15(9-7-14)13(4)19-17(21)11-22-20-16(18)10-12(2)3/h6-9,12-13H,5,10-11H2,1-4H3,(H2,18,20)(H,19,21). The second kappa shape index (κ2) is 9.07. The minimum Gasteiger partial charge on any atom is -0.384 e. The van der Waals surface area contributed by atoms with Crippen LogP contribution in [0.2, 0.25) is 0 Å². The molecule has 1 aromatic rings. The molecule has 0 aliphatic carbocycles. The van der Waals surface area contributed by atoms with Gasteiger partial charge in [-0.3, -0.25) is 4.79 Å². The lowest BCUT2D eigenvalue weighted by atomic mass is 10.1. The summed E-state index contributed by atoms with van der Waals surface area (Å²) in [7, 11) is 0. The van der Waals surface area contributed by atoms with Gasteiger partial charge in [0.05, 0.1) is 6.04 Å². The number of carbonyl (C=O) groups is 1. The van der Waals surface area contributed by atoms with Crippen LogP contribution < -0.4 is 11.1 Å². The van der Waals surface area contributed by atoms with Crippen molar-refractivity contribution in [3.8, 4) is 0 Å². The number of nitrogens with two attached hydrogens (primary N) is 1. The van der Waals surface area contributed by atoms with E-state index >= 15 is 0 Å². The fourth-order valence-electron chi connectivity index (χ4n) is 2.04. The maximum absolute atomic E-state index is 11.8. The van der Waals surface area contributed by atoms with Crippen LogP contribution in [0.5, 0.6) is 0 Å². The molecule has 0 saturated carbocycles. The van der Waals surface area contributed by atoms with Crippen molar-refractivity contribution in [1.29, 1.82) is 0 Å². The van der Waals surface area contributed by atoms with Crippen LogP contribution in [0, 0.1) is 5.92 Å². The highest BCUT2D eigenvalue weighted by molar-refractivity contribution is 5.80. The van der Waals surface area contributed by atoms with Gasteiger partial charge in [-0.2, -0.15) is 0 Å². The molecule has 0 heterocycles. The minimum atomic E-state index is -0.215. The molecule has 0 aliphatic rings. The molecule has 0 saturated heterocycles. The van der Waals surface area contributed by atoms with Crippen LogP contribution in [0.3, 0.4) is 0 Å². The fourth-order valence-corrected chi connectivity index (χ4v) is 2.04. The Kier molecular flexibility index (Phi) is 7.43. The second-order valence-electron chi connectivity index (χ2n) is 5.84. The Morgan fingerprint density at radius 3 is 2.45 bits per heavy atom. The van der Waals surface area contributed by atoms with E-state index in [2.05, 4.69) is 29.5 Å². The van der Waals surface area contributed by atoms with Crippen molar-refractivity contribution in [3.63, 3.8) is 0 Å². The van der Waals surface area contributed by atoms with E-state index in [0.29, 0.717) is 18.2 Å². The summed E-state index contributed by atoms with van der Waals surface area (Å²) < 4.78 is 0. The van der Waals surface area contributed by atoms with E-state index in [1.54, 1.807) is 0 Å². The van der Waals surface area contributed by atoms with Gasteiger partial charge in [-0.1, -0.05) is 50.2 Å². The molecule has 0 spiro atoms. The highest BCUT2D eigenvalue weighted by Gasteiger charge is 2.10. The second-order valence-corrected chi connectivity index (χ2v) is 5.84. The molecule has 1 unspecified atom stereocenters. The number of amidine groups is 1. The summed E-state index contributed by atoms with van der Waals surface area (Å²) in [6, 6.07) is 8.14. The number of benzene rings is 1. The van der Waals surface area contributed by atoms with E-state index in [1.807, 2.05) is 32.9 Å². The number of hydrogen-bond acceptors (Lipinski definition) is 3. The van der Waals surface area contributed by atoms with Crippen molar-refractivity contribution in [2.24, 2.45) is 16.8 Å². The zero-order valence-corrected chi connectivity index (χ0v) is 13.9. The van der Waals surface area contributed by atoms with Crippen LogP contribution in [-0.2, 0) is 16.1 Å². The van der Waals surface area contributed by atoms with Crippen molar-refractivity contribution in [2.75, 3.05) is 6.61 Å². The van der Waals surface area contributed by atoms with Crippen LogP contribution in [0.15, 0.2) is 29.4 Å². The van der Waals surface area contributed by atoms with E-state index in [9.17, 15) is 4.79 Å². The van der Waals surface area contributed by atoms with Crippen molar-refractivity contribution >= 4 is 11.7 Å². The summed E-state index contributed by atoms with van der Waals surface area (Å²) >= 11 is 0. The van der Waals surface area contributed by atoms with Crippen molar-refractivity contribution in [1.82, 2.24) is 5.32 Å². The van der Waals surface area contributed by atoms with Crippen LogP contribution in [0.1, 0.15) is 51.3 Å². The zero-order valence-electron chi connectivity index (χ0n) is 13.9. The van der Waals surface area contributed by atoms with Crippen LogP contribution in [0.4, 0.5) is 0 Å². The molecule has 1 atom stereocenters. The van der Waals surface area contributed by atoms with E-state index in [4.69, 9.17) is 10.6 Å². The highest BCUT2D eigenvalue weighted by Crippen LogP contribution is 2.13. The average Bonchev–Trinajstić information content (AvgIpc) is 2.46. The van der Waals surface area contributed by atoms with Gasteiger partial charge in [0.15, 0.2) is 6.61 Å². The van der Waals surface area contributed by atoms with Crippen molar-refractivity contribution in [3.05, 3.63) is 35.4 Å². The first-order valence-electron chi connectivity index (χ1n) is 7.74. The lowest BCUT2D eigenvalue weighted by Crippen LogP contribution is -2.30. The quantitative estimate of drug-likeness (QED) is 0.440. The van der Waals surface area contributed by atoms with E-state index in [0.717, 1.165) is 12.0 Å². The van der Waals surface area contributed by atoms with E-state index in [1.165, 1.54) is 5.56 Å². The minimum absolute atomic E-state index is 0.0704. The molecule has 0 bridgehead atoms. The number of nitrogens with one attached hydrogen (secondary N) is 1. The van der Waals surface area contributed by atoms with Gasteiger partial charge in [0.2, 0.25) is 0 Å². The molecule has 5 nitrogen and oxygen atoms in total. The molecule has 1 rings (SSSR count). The lowest BCUT2D eigenvalue weighted by molar-refractivity contribution is -0.126. The molecule has 1 aromatic carbocycles. The fraction of sp³-hybridized carbons (Fsp3) is 0.529. The van der Waals surface area contributed by atoms with Crippen LogP contribution in [-0.4, -0.2) is 18.3 Å². The van der Waals surface area contributed by atoms with Gasteiger partial charge in [-0.25, -0.2) is 0 Å². The van der Waals surface area contributed by atoms with Crippen LogP contribution in [0.25, 0.3) is 0 Å². The number of carbonyl (C=O) groups excluding carboxylic acids is 1. The molecule has 5 heteroatoms. The van der Waals surface area contributed by atoms with Gasteiger partial charge < -0.3 is 15.9 Å². The SMILES string of the molecule is CCc1ccc(C(C)NC(=O)CON=C(N)CC(C)C)cc1. The number of amides is 1. The first-order chi connectivity index (χ1) is 10.4. The molecule has 1 amide bonds. The Hall–Kier alpha value is -2.04. The third kappa shape index (κ3) is 6.61. The maximum Gasteiger partial charge on any atom is 0.261 e. The number of rotatable bonds is 8. The molecule has 22 heavy (non-hydrogen) atoms. The number of aryl methyl sites for hydroxylation is 1. The molecular formula is C17H27N3O2. The number of oxime groups is 1. The van der Waals surface area contributed by atoms with Gasteiger partial charge in [0, 0.05) is 6.42 Å². The molecule has 0 aromatic heterocycles. The predicted octanol–water partition coefficient (Wildman–Crippen LogP) is 2.76. The monoisotopic (exact) mass is 305 g/mol. The lowest BCUT2D eigenvalue weighted by Gasteiger charge is -2.14. The Morgan fingerprint density at radius 2 is 1.91 bits per heavy atom. The third-order valence-corrected chi connectivity index (χ3v) is 3.26. The van der Waals surface area contributed by atoms with Gasteiger partial charge in [0.1, 0.15) is 5.84 Å². The first-order valence-corrected chi connectivity index (χ1v) is 7.74. The van der Waals surface area contributed by atoms with E-state index in [-0.39, 0.29) is 18.6 Å². The highest BCUT2D eigenvalue weighted by atomic mass is 16.6. The molecule has 122 valence electrons. The Balaban J connectivity index is 2.40. The van der Waals surface area contributed by atoms with Gasteiger partial charge in [0.25, 0.3) is 5.91 Å². The average molecular weight is 305 g/mol. The topological polar surface area (TPSA) is 76.7 Å². The normalized spacial score (nSPS) is 13.0. The maximum atomic E-state index is 11.8. The van der Waals surface area contributed by atoms with E-state index < -0.39 is 0 Å². The summed E-state index contributed by atoms with van der Waals surface area (Å²) in [6.07, 6.45) is 1.66. The van der Waals surface area contributed by atoms with Gasteiger partial charge in [-0.15, -0.1) is 0 Å². The number of hydrogen-bond donors (Lipinski definition) is 2. The molecular weight excluding hydrogens is 278 g/mol. The predicted molar refractivity (Wildman–Crippen MR) is 89.4 cm³/mol. The summed E-state index contributed by atoms with van der Waals surface area (Å²) in [5, 5.41) is 6.61. The zero-order chi connectivity index (χ0) is 16.5. The van der Waals surface area contributed by atoms with Gasteiger partial charge >= 0.3 is 0 Å². The Morgan fingerprint density at radius 1 is 1.27 bits per heavy atom. The third-order valence-electron chi connectivity index (χ3n) is 3.26. The summed E-state index contributed by atoms with van der Waals surface area (Å²) in [6.45, 7) is 8.01. The van der Waals surface area contributed by atoms with Crippen molar-refractivity contribution in [2.45, 2.75) is 46.6 Å².